The smallest absolute Gasteiger partial charge is 0.230 e. The van der Waals surface area contributed by atoms with Crippen molar-refractivity contribution in [1.82, 2.24) is 0 Å². The molecule has 1 fully saturated rings. The number of morpholine rings is 1. The molecule has 1 saturated heterocycles. The van der Waals surface area contributed by atoms with Gasteiger partial charge in [0, 0.05) is 11.9 Å². The van der Waals surface area contributed by atoms with Crippen LogP contribution in [-0.2, 0) is 9.53 Å². The second-order valence-electron chi connectivity index (χ2n) is 6.44. The second-order valence-corrected chi connectivity index (χ2v) is 7.47. The van der Waals surface area contributed by atoms with Crippen molar-refractivity contribution < 1.29 is 14.4 Å². The number of ketones is 1. The molecule has 24 heavy (non-hydrogen) atoms. The van der Waals surface area contributed by atoms with Crippen LogP contribution in [0.5, 0.6) is 0 Å². The maximum Gasteiger partial charge on any atom is 0.230 e. The van der Waals surface area contributed by atoms with Crippen LogP contribution in [0, 0.1) is 11.3 Å². The number of nitrogens with zero attached hydrogens (tertiary/aromatic N) is 2. The summed E-state index contributed by atoms with van der Waals surface area (Å²) >= 11 is 1.50. The number of Topliss-reactive ketones (excluding diaryl/α,β-unsaturated/α-hetero) is 1. The molecule has 0 unspecified atom stereocenters. The highest BCUT2D eigenvalue weighted by Crippen LogP contribution is 2.45. The maximum absolute atomic E-state index is 12.8. The van der Waals surface area contributed by atoms with E-state index in [2.05, 4.69) is 6.07 Å². The Bertz CT molecular complexity index is 715. The minimum Gasteiger partial charge on any atom is -0.364 e. The standard InChI is InChI=1S/C18H21N3O2S/c1-12-9-21(10-13(2)23-12)11-16(22)14(8-19)18-20(3)15-6-4-5-7-17(15)24-18/h4-7,12-13H,9-11H2,1-3H3/p+1/b18-14-/t12-,13-/m1/s1. The summed E-state index contributed by atoms with van der Waals surface area (Å²) in [5, 5.41) is 10.3. The molecule has 1 N–H and O–H groups in total. The molecule has 1 aromatic rings. The van der Waals surface area contributed by atoms with Gasteiger partial charge >= 0.3 is 0 Å². The third kappa shape index (κ3) is 3.34. The summed E-state index contributed by atoms with van der Waals surface area (Å²) in [6.45, 7) is 6.00. The number of quaternary nitrogens is 1. The van der Waals surface area contributed by atoms with Gasteiger partial charge in [-0.15, -0.1) is 0 Å². The number of nitrogens with one attached hydrogen (secondary N) is 1. The Kier molecular flexibility index (Phi) is 4.95. The predicted molar refractivity (Wildman–Crippen MR) is 93.9 cm³/mol. The molecule has 2 heterocycles. The van der Waals surface area contributed by atoms with E-state index in [4.69, 9.17) is 4.74 Å². The van der Waals surface area contributed by atoms with Gasteiger partial charge in [-0.3, -0.25) is 4.79 Å². The molecule has 5 nitrogen and oxygen atoms in total. The van der Waals surface area contributed by atoms with Crippen LogP contribution >= 0.6 is 11.8 Å². The van der Waals surface area contributed by atoms with E-state index < -0.39 is 0 Å². The number of carbonyl (C=O) groups excluding carboxylic acids is 1. The van der Waals surface area contributed by atoms with E-state index in [0.717, 1.165) is 28.7 Å². The molecule has 2 aliphatic rings. The Labute approximate surface area is 146 Å². The number of benzene rings is 1. The van der Waals surface area contributed by atoms with E-state index in [1.807, 2.05) is 50.1 Å². The normalized spacial score (nSPS) is 28.2. The molecule has 126 valence electrons. The van der Waals surface area contributed by atoms with Gasteiger partial charge < -0.3 is 14.5 Å². The highest BCUT2D eigenvalue weighted by molar-refractivity contribution is 8.03. The largest absolute Gasteiger partial charge is 0.364 e. The third-order valence-electron chi connectivity index (χ3n) is 4.37. The Morgan fingerprint density at radius 1 is 1.38 bits per heavy atom. The van der Waals surface area contributed by atoms with Crippen LogP contribution in [0.1, 0.15) is 13.8 Å². The van der Waals surface area contributed by atoms with Crippen molar-refractivity contribution in [3.63, 3.8) is 0 Å². The van der Waals surface area contributed by atoms with Crippen molar-refractivity contribution in [2.45, 2.75) is 31.0 Å². The Morgan fingerprint density at radius 2 is 2.04 bits per heavy atom. The Hall–Kier alpha value is -1.81. The van der Waals surface area contributed by atoms with Gasteiger partial charge in [-0.05, 0) is 26.0 Å². The summed E-state index contributed by atoms with van der Waals surface area (Å²) in [4.78, 5) is 17.0. The topological polar surface area (TPSA) is 57.8 Å². The zero-order valence-electron chi connectivity index (χ0n) is 14.2. The summed E-state index contributed by atoms with van der Waals surface area (Å²) in [6.07, 6.45) is 0.282. The number of para-hydroxylation sites is 1. The Morgan fingerprint density at radius 3 is 2.67 bits per heavy atom. The van der Waals surface area contributed by atoms with E-state index in [9.17, 15) is 10.1 Å². The van der Waals surface area contributed by atoms with Gasteiger partial charge in [-0.25, -0.2) is 0 Å². The van der Waals surface area contributed by atoms with Crippen LogP contribution in [0.25, 0.3) is 0 Å². The number of rotatable bonds is 3. The lowest BCUT2D eigenvalue weighted by Crippen LogP contribution is -3.16. The van der Waals surface area contributed by atoms with Crippen molar-refractivity contribution in [2.24, 2.45) is 0 Å². The van der Waals surface area contributed by atoms with Crippen molar-refractivity contribution >= 4 is 23.2 Å². The molecule has 0 radical (unpaired) electrons. The summed E-state index contributed by atoms with van der Waals surface area (Å²) in [5.41, 5.74) is 1.30. The first-order chi connectivity index (χ1) is 11.5. The van der Waals surface area contributed by atoms with Gasteiger partial charge in [0.05, 0.1) is 5.69 Å². The zero-order valence-corrected chi connectivity index (χ0v) is 15.0. The first kappa shape index (κ1) is 17.0. The lowest BCUT2D eigenvalue weighted by Gasteiger charge is -2.32. The lowest BCUT2D eigenvalue weighted by atomic mass is 10.1. The fourth-order valence-corrected chi connectivity index (χ4v) is 4.56. The van der Waals surface area contributed by atoms with E-state index in [1.54, 1.807) is 0 Å². The first-order valence-electron chi connectivity index (χ1n) is 8.16. The van der Waals surface area contributed by atoms with Gasteiger partial charge in [-0.2, -0.15) is 5.26 Å². The number of hydrogen-bond donors (Lipinski definition) is 1. The molecular weight excluding hydrogens is 322 g/mol. The van der Waals surface area contributed by atoms with E-state index in [0.29, 0.717) is 6.54 Å². The fourth-order valence-electron chi connectivity index (χ4n) is 3.40. The molecule has 0 aliphatic carbocycles. The molecule has 2 aliphatic heterocycles. The van der Waals surface area contributed by atoms with Crippen LogP contribution in [0.15, 0.2) is 39.8 Å². The number of nitriles is 1. The van der Waals surface area contributed by atoms with Crippen LogP contribution in [-0.4, -0.2) is 44.7 Å². The summed E-state index contributed by atoms with van der Waals surface area (Å²) in [6, 6.07) is 10.1. The highest BCUT2D eigenvalue weighted by atomic mass is 32.2. The molecule has 1 aromatic carbocycles. The van der Waals surface area contributed by atoms with Gasteiger partial charge in [0.25, 0.3) is 0 Å². The maximum atomic E-state index is 12.8. The average molecular weight is 344 g/mol. The minimum atomic E-state index is -0.0871. The minimum absolute atomic E-state index is 0.0871. The molecule has 0 spiro atoms. The summed E-state index contributed by atoms with van der Waals surface area (Å²) in [7, 11) is 1.91. The summed E-state index contributed by atoms with van der Waals surface area (Å²) in [5.74, 6) is -0.0871. The van der Waals surface area contributed by atoms with Crippen LogP contribution in [0.4, 0.5) is 5.69 Å². The first-order valence-corrected chi connectivity index (χ1v) is 8.98. The number of carbonyl (C=O) groups is 1. The van der Waals surface area contributed by atoms with Crippen LogP contribution in [0.2, 0.25) is 0 Å². The molecule has 6 heteroatoms. The van der Waals surface area contributed by atoms with E-state index in [1.165, 1.54) is 16.7 Å². The van der Waals surface area contributed by atoms with Crippen molar-refractivity contribution in [3.05, 3.63) is 34.9 Å². The molecule has 0 amide bonds. The highest BCUT2D eigenvalue weighted by Gasteiger charge is 2.32. The predicted octanol–water partition coefficient (Wildman–Crippen LogP) is 1.22. The third-order valence-corrected chi connectivity index (χ3v) is 5.61. The lowest BCUT2D eigenvalue weighted by molar-refractivity contribution is -0.907. The van der Waals surface area contributed by atoms with E-state index >= 15 is 0 Å². The van der Waals surface area contributed by atoms with Gasteiger partial charge in [-0.1, -0.05) is 23.9 Å². The number of anilines is 1. The molecule has 0 aromatic heterocycles. The molecule has 0 saturated carbocycles. The summed E-state index contributed by atoms with van der Waals surface area (Å²) < 4.78 is 5.72. The van der Waals surface area contributed by atoms with Crippen LogP contribution in [0.3, 0.4) is 0 Å². The quantitative estimate of drug-likeness (QED) is 0.660. The van der Waals surface area contributed by atoms with Gasteiger partial charge in [0.1, 0.15) is 48.5 Å². The zero-order chi connectivity index (χ0) is 17.3. The average Bonchev–Trinajstić information content (AvgIpc) is 2.84. The van der Waals surface area contributed by atoms with Gasteiger partial charge in [0.2, 0.25) is 5.78 Å². The van der Waals surface area contributed by atoms with Gasteiger partial charge in [0.15, 0.2) is 0 Å². The number of thioether (sulfide) groups is 1. The van der Waals surface area contributed by atoms with Crippen LogP contribution < -0.4 is 9.80 Å². The fraction of sp³-hybridized carbons (Fsp3) is 0.444. The number of fused-ring (bicyclic) bond motifs is 1. The SMILES string of the molecule is C[C@@H]1C[NH+](CC(=O)/C(C#N)=C2\Sc3ccccc3N2C)C[C@@H](C)O1. The molecule has 2 atom stereocenters. The van der Waals surface area contributed by atoms with Crippen molar-refractivity contribution in [3.8, 4) is 6.07 Å². The Balaban J connectivity index is 1.80. The number of hydrogen-bond acceptors (Lipinski definition) is 5. The van der Waals surface area contributed by atoms with Crippen molar-refractivity contribution in [1.29, 1.82) is 5.26 Å². The van der Waals surface area contributed by atoms with Crippen molar-refractivity contribution in [2.75, 3.05) is 31.6 Å². The molecule has 3 rings (SSSR count). The number of ether oxygens (including phenoxy) is 1. The molecule has 0 bridgehead atoms. The molecular formula is C18H22N3O2S+. The monoisotopic (exact) mass is 344 g/mol. The van der Waals surface area contributed by atoms with E-state index in [-0.39, 0.29) is 23.6 Å². The second kappa shape index (κ2) is 6.98.